The first-order valence-corrected chi connectivity index (χ1v) is 11.3. The van der Waals surface area contributed by atoms with Crippen LogP contribution in [0.4, 0.5) is 11.6 Å². The van der Waals surface area contributed by atoms with Crippen LogP contribution >= 0.6 is 24.4 Å². The molecule has 0 atom stereocenters. The predicted molar refractivity (Wildman–Crippen MR) is 135 cm³/mol. The molecule has 0 saturated carbocycles. The van der Waals surface area contributed by atoms with Gasteiger partial charge in [0, 0.05) is 36.8 Å². The van der Waals surface area contributed by atoms with E-state index in [1.807, 2.05) is 7.05 Å². The van der Waals surface area contributed by atoms with Gasteiger partial charge in [0.1, 0.15) is 33.1 Å². The van der Waals surface area contributed by atoms with E-state index in [1.54, 1.807) is 11.6 Å². The smallest absolute Gasteiger partial charge is 0.141 e. The van der Waals surface area contributed by atoms with E-state index in [2.05, 4.69) is 36.2 Å². The maximum Gasteiger partial charge on any atom is 0.141 e. The fraction of sp³-hybridized carbons (Fsp3) is 0.455. The summed E-state index contributed by atoms with van der Waals surface area (Å²) in [4.78, 5) is 2.21. The van der Waals surface area contributed by atoms with E-state index in [9.17, 15) is 5.26 Å². The topological polar surface area (TPSA) is 151 Å². The highest BCUT2D eigenvalue weighted by Crippen LogP contribution is 2.33. The van der Waals surface area contributed by atoms with Crippen LogP contribution in [0.25, 0.3) is 0 Å². The number of pyridine rings is 2. The molecule has 7 N–H and O–H groups in total. The average Bonchev–Trinajstić information content (AvgIpc) is 2.79. The number of nitrogens with two attached hydrogens (primary N) is 3. The van der Waals surface area contributed by atoms with Crippen LogP contribution in [-0.4, -0.2) is 33.3 Å². The summed E-state index contributed by atoms with van der Waals surface area (Å²) < 4.78 is 4.19. The third kappa shape index (κ3) is 4.21. The van der Waals surface area contributed by atoms with Crippen molar-refractivity contribution < 1.29 is 0 Å². The van der Waals surface area contributed by atoms with Gasteiger partial charge in [0.2, 0.25) is 0 Å². The summed E-state index contributed by atoms with van der Waals surface area (Å²) in [6, 6.07) is 4.32. The molecule has 0 spiro atoms. The van der Waals surface area contributed by atoms with Gasteiger partial charge in [-0.25, -0.2) is 4.68 Å². The molecule has 0 bridgehead atoms. The lowest BCUT2D eigenvalue weighted by Crippen LogP contribution is -2.46. The van der Waals surface area contributed by atoms with Crippen LogP contribution in [-0.2, 0) is 33.0 Å². The number of rotatable bonds is 0. The number of nitrogens with zero attached hydrogens (tertiary/aromatic N) is 5. The Hall–Kier alpha value is -2.96. The molecule has 9 nitrogen and oxygen atoms in total. The number of likely N-dealkylation sites (N-methyl/N-ethyl adjacent to an activating group) is 1. The third-order valence-corrected chi connectivity index (χ3v) is 7.58. The number of hydrogen-bond donors (Lipinski definition) is 4. The second-order valence-electron chi connectivity index (χ2n) is 8.97. The number of nitrogens with one attached hydrogen (secondary N) is 1. The first kappa shape index (κ1) is 24.7. The van der Waals surface area contributed by atoms with Crippen molar-refractivity contribution in [1.29, 1.82) is 10.5 Å². The number of aromatic nitrogens is 2. The first-order valence-electron chi connectivity index (χ1n) is 10.5. The Bertz CT molecular complexity index is 1320. The molecular weight excluding hydrogens is 454 g/mol. The van der Waals surface area contributed by atoms with Crippen molar-refractivity contribution in [2.24, 2.45) is 7.05 Å². The molecule has 2 aromatic heterocycles. The highest BCUT2D eigenvalue weighted by Gasteiger charge is 2.33. The highest BCUT2D eigenvalue weighted by molar-refractivity contribution is 7.71. The van der Waals surface area contributed by atoms with Crippen LogP contribution in [0.3, 0.4) is 0 Å². The molecule has 0 amide bonds. The summed E-state index contributed by atoms with van der Waals surface area (Å²) in [5.74, 6) is 6.54. The van der Waals surface area contributed by atoms with Crippen molar-refractivity contribution in [3.63, 3.8) is 0 Å². The standard InChI is InChI=1S/C12H17N5S.C10H12N4S/c1-12(2)4-7-8(5-13)10(14)17(15)11(18)9(7)6-16(12)3;1-14-9(12)7(4-11)6-2-3-13-5-8(6)10(14)15/h4,6,14-15H2,1-3H3;13H,2-3,5,12H2,1H3. The number of nitriles is 2. The Labute approximate surface area is 204 Å². The van der Waals surface area contributed by atoms with Gasteiger partial charge in [-0.05, 0) is 51.4 Å². The molecule has 4 heterocycles. The zero-order chi connectivity index (χ0) is 24.7. The van der Waals surface area contributed by atoms with Gasteiger partial charge in [0.05, 0.1) is 11.1 Å². The molecule has 4 rings (SSSR count). The molecule has 0 radical (unpaired) electrons. The molecule has 0 fully saturated rings. The Morgan fingerprint density at radius 2 is 1.55 bits per heavy atom. The zero-order valence-electron chi connectivity index (χ0n) is 19.3. The summed E-state index contributed by atoms with van der Waals surface area (Å²) >= 11 is 10.6. The van der Waals surface area contributed by atoms with E-state index in [1.165, 1.54) is 4.68 Å². The summed E-state index contributed by atoms with van der Waals surface area (Å²) in [6.45, 7) is 6.58. The van der Waals surface area contributed by atoms with Gasteiger partial charge in [0.25, 0.3) is 0 Å². The van der Waals surface area contributed by atoms with Crippen molar-refractivity contribution in [1.82, 2.24) is 19.5 Å². The van der Waals surface area contributed by atoms with E-state index in [0.29, 0.717) is 28.1 Å². The third-order valence-electron chi connectivity index (χ3n) is 6.62. The Kier molecular flexibility index (Phi) is 6.82. The number of anilines is 2. The maximum atomic E-state index is 9.28. The van der Waals surface area contributed by atoms with E-state index in [-0.39, 0.29) is 11.4 Å². The lowest BCUT2D eigenvalue weighted by Gasteiger charge is -2.41. The van der Waals surface area contributed by atoms with E-state index in [4.69, 9.17) is 47.0 Å². The predicted octanol–water partition coefficient (Wildman–Crippen LogP) is 2.01. The summed E-state index contributed by atoms with van der Waals surface area (Å²) in [5, 5.41) is 21.6. The molecule has 0 unspecified atom stereocenters. The van der Waals surface area contributed by atoms with Crippen LogP contribution in [0.5, 0.6) is 0 Å². The van der Waals surface area contributed by atoms with Crippen LogP contribution < -0.4 is 22.6 Å². The second kappa shape index (κ2) is 9.12. The molecular formula is C22H29N9S2. The summed E-state index contributed by atoms with van der Waals surface area (Å²) in [7, 11) is 3.84. The monoisotopic (exact) mass is 483 g/mol. The first-order chi connectivity index (χ1) is 15.5. The number of fused-ring (bicyclic) bond motifs is 2. The molecule has 0 saturated heterocycles. The minimum absolute atomic E-state index is 0.0202. The quantitative estimate of drug-likeness (QED) is 0.326. The van der Waals surface area contributed by atoms with E-state index >= 15 is 0 Å². The Morgan fingerprint density at radius 3 is 2.15 bits per heavy atom. The minimum Gasteiger partial charge on any atom is -0.384 e. The highest BCUT2D eigenvalue weighted by atomic mass is 32.1. The van der Waals surface area contributed by atoms with Crippen molar-refractivity contribution in [2.45, 2.75) is 45.3 Å². The SMILES string of the molecule is CN1Cc2c(c(C#N)c(N)n(N)c2=S)CC1(C)C.Cn1c(N)c(C#N)c2c(c1=S)CNCC2. The van der Waals surface area contributed by atoms with Gasteiger partial charge in [-0.3, -0.25) is 4.90 Å². The van der Waals surface area contributed by atoms with Crippen molar-refractivity contribution >= 4 is 36.1 Å². The Morgan fingerprint density at radius 1 is 0.939 bits per heavy atom. The number of nitrogen functional groups attached to an aromatic ring is 3. The molecule has 33 heavy (non-hydrogen) atoms. The lowest BCUT2D eigenvalue weighted by atomic mass is 9.84. The second-order valence-corrected chi connectivity index (χ2v) is 9.74. The fourth-order valence-electron chi connectivity index (χ4n) is 4.24. The van der Waals surface area contributed by atoms with Gasteiger partial charge in [-0.2, -0.15) is 10.5 Å². The van der Waals surface area contributed by atoms with Gasteiger partial charge in [-0.1, -0.05) is 24.4 Å². The molecule has 2 aromatic rings. The minimum atomic E-state index is -0.0202. The van der Waals surface area contributed by atoms with Crippen LogP contribution in [0.15, 0.2) is 0 Å². The van der Waals surface area contributed by atoms with Gasteiger partial charge in [0.15, 0.2) is 0 Å². The average molecular weight is 484 g/mol. The van der Waals surface area contributed by atoms with Crippen LogP contribution in [0, 0.1) is 31.9 Å². The van der Waals surface area contributed by atoms with Crippen LogP contribution in [0.1, 0.15) is 47.2 Å². The van der Waals surface area contributed by atoms with Crippen LogP contribution in [0.2, 0.25) is 0 Å². The number of hydrogen-bond acceptors (Lipinski definition) is 9. The molecule has 2 aliphatic heterocycles. The summed E-state index contributed by atoms with van der Waals surface area (Å²) in [5.41, 5.74) is 16.7. The Balaban J connectivity index is 0.000000189. The van der Waals surface area contributed by atoms with E-state index < -0.39 is 0 Å². The van der Waals surface area contributed by atoms with Gasteiger partial charge in [-0.15, -0.1) is 0 Å². The van der Waals surface area contributed by atoms with Gasteiger partial charge < -0.3 is 27.2 Å². The van der Waals surface area contributed by atoms with Crippen molar-refractivity contribution in [3.8, 4) is 12.1 Å². The molecule has 11 heteroatoms. The molecule has 174 valence electrons. The summed E-state index contributed by atoms with van der Waals surface area (Å²) in [6.07, 6.45) is 1.57. The van der Waals surface area contributed by atoms with Crippen molar-refractivity contribution in [3.05, 3.63) is 42.7 Å². The van der Waals surface area contributed by atoms with Gasteiger partial charge >= 0.3 is 0 Å². The lowest BCUT2D eigenvalue weighted by molar-refractivity contribution is 0.132. The molecule has 0 aliphatic carbocycles. The normalized spacial score (nSPS) is 16.4. The zero-order valence-corrected chi connectivity index (χ0v) is 21.0. The van der Waals surface area contributed by atoms with Crippen molar-refractivity contribution in [2.75, 3.05) is 30.9 Å². The van der Waals surface area contributed by atoms with E-state index in [0.717, 1.165) is 52.8 Å². The maximum absolute atomic E-state index is 9.28. The largest absolute Gasteiger partial charge is 0.384 e. The molecule has 2 aliphatic rings. The molecule has 0 aromatic carbocycles. The fourth-order valence-corrected chi connectivity index (χ4v) is 4.82.